The number of aryl methyl sites for hydroxylation is 1. The van der Waals surface area contributed by atoms with Crippen molar-refractivity contribution in [3.8, 4) is 5.75 Å². The topological polar surface area (TPSA) is 21.3 Å². The summed E-state index contributed by atoms with van der Waals surface area (Å²) < 4.78 is 5.71. The lowest BCUT2D eigenvalue weighted by atomic mass is 10.1. The minimum absolute atomic E-state index is 0.234. The van der Waals surface area contributed by atoms with E-state index < -0.39 is 0 Å². The average molecular weight is 247 g/mol. The summed E-state index contributed by atoms with van der Waals surface area (Å²) in [6.45, 7) is 8.61. The van der Waals surface area contributed by atoms with Gasteiger partial charge in [0.15, 0.2) is 0 Å². The van der Waals surface area contributed by atoms with Gasteiger partial charge in [0.05, 0.1) is 6.10 Å². The third-order valence-electron chi connectivity index (χ3n) is 3.77. The maximum Gasteiger partial charge on any atom is 0.120 e. The standard InChI is InChI=1S/C16H25NO/c1-11(2)18-14-8-9-16(13(4)10-14)17-15-7-5-6-12(15)3/h8-12,15,17H,5-7H2,1-4H3. The van der Waals surface area contributed by atoms with Crippen LogP contribution < -0.4 is 10.1 Å². The van der Waals surface area contributed by atoms with Crippen LogP contribution in [0.5, 0.6) is 5.75 Å². The van der Waals surface area contributed by atoms with E-state index in [4.69, 9.17) is 4.74 Å². The second kappa shape index (κ2) is 5.64. The summed E-state index contributed by atoms with van der Waals surface area (Å²) in [6.07, 6.45) is 4.24. The van der Waals surface area contributed by atoms with E-state index in [-0.39, 0.29) is 6.10 Å². The maximum atomic E-state index is 5.71. The first-order chi connectivity index (χ1) is 8.56. The molecule has 0 spiro atoms. The Bertz CT molecular complexity index is 400. The van der Waals surface area contributed by atoms with Crippen LogP contribution in [0.2, 0.25) is 0 Å². The Morgan fingerprint density at radius 3 is 2.61 bits per heavy atom. The fourth-order valence-corrected chi connectivity index (χ4v) is 2.70. The van der Waals surface area contributed by atoms with E-state index in [0.717, 1.165) is 11.7 Å². The third kappa shape index (κ3) is 3.18. The molecule has 0 aliphatic heterocycles. The van der Waals surface area contributed by atoms with Crippen LogP contribution in [0, 0.1) is 12.8 Å². The van der Waals surface area contributed by atoms with Crippen molar-refractivity contribution in [2.24, 2.45) is 5.92 Å². The SMILES string of the molecule is Cc1cc(OC(C)C)ccc1NC1CCCC1C. The lowest BCUT2D eigenvalue weighted by molar-refractivity contribution is 0.242. The van der Waals surface area contributed by atoms with Crippen molar-refractivity contribution in [3.05, 3.63) is 23.8 Å². The Kier molecular flexibility index (Phi) is 4.15. The Morgan fingerprint density at radius 1 is 1.28 bits per heavy atom. The molecule has 2 rings (SSSR count). The van der Waals surface area contributed by atoms with Crippen LogP contribution in [0.4, 0.5) is 5.69 Å². The Hall–Kier alpha value is -1.18. The van der Waals surface area contributed by atoms with E-state index >= 15 is 0 Å². The first-order valence-corrected chi connectivity index (χ1v) is 7.10. The van der Waals surface area contributed by atoms with Crippen molar-refractivity contribution in [1.82, 2.24) is 0 Å². The summed E-state index contributed by atoms with van der Waals surface area (Å²) in [6, 6.07) is 6.98. The highest BCUT2D eigenvalue weighted by Gasteiger charge is 2.23. The Labute approximate surface area is 111 Å². The molecule has 2 unspecified atom stereocenters. The minimum atomic E-state index is 0.234. The second-order valence-electron chi connectivity index (χ2n) is 5.80. The predicted molar refractivity (Wildman–Crippen MR) is 77.4 cm³/mol. The number of nitrogens with one attached hydrogen (secondary N) is 1. The second-order valence-corrected chi connectivity index (χ2v) is 5.80. The molecular weight excluding hydrogens is 222 g/mol. The summed E-state index contributed by atoms with van der Waals surface area (Å²) in [5.74, 6) is 1.75. The molecule has 1 N–H and O–H groups in total. The smallest absolute Gasteiger partial charge is 0.120 e. The van der Waals surface area contributed by atoms with Crippen LogP contribution in [0.15, 0.2) is 18.2 Å². The molecule has 1 fully saturated rings. The predicted octanol–water partition coefficient (Wildman–Crippen LogP) is 4.38. The van der Waals surface area contributed by atoms with Crippen molar-refractivity contribution >= 4 is 5.69 Å². The van der Waals surface area contributed by atoms with Crippen LogP contribution in [-0.4, -0.2) is 12.1 Å². The van der Waals surface area contributed by atoms with Gasteiger partial charge >= 0.3 is 0 Å². The fraction of sp³-hybridized carbons (Fsp3) is 0.625. The lowest BCUT2D eigenvalue weighted by Gasteiger charge is -2.21. The first kappa shape index (κ1) is 13.3. The summed E-state index contributed by atoms with van der Waals surface area (Å²) in [5.41, 5.74) is 2.53. The summed E-state index contributed by atoms with van der Waals surface area (Å²) >= 11 is 0. The number of hydrogen-bond donors (Lipinski definition) is 1. The molecule has 1 aromatic carbocycles. The molecule has 2 nitrogen and oxygen atoms in total. The molecule has 0 bridgehead atoms. The van der Waals surface area contributed by atoms with Crippen molar-refractivity contribution < 1.29 is 4.74 Å². The van der Waals surface area contributed by atoms with Gasteiger partial charge in [-0.2, -0.15) is 0 Å². The Morgan fingerprint density at radius 2 is 2.06 bits per heavy atom. The van der Waals surface area contributed by atoms with E-state index in [2.05, 4.69) is 51.2 Å². The van der Waals surface area contributed by atoms with Gasteiger partial charge in [0.2, 0.25) is 0 Å². The van der Waals surface area contributed by atoms with Gasteiger partial charge in [-0.3, -0.25) is 0 Å². The van der Waals surface area contributed by atoms with Crippen molar-refractivity contribution in [3.63, 3.8) is 0 Å². The normalized spacial score (nSPS) is 23.4. The van der Waals surface area contributed by atoms with Gasteiger partial charge in [-0.1, -0.05) is 13.3 Å². The fourth-order valence-electron chi connectivity index (χ4n) is 2.70. The van der Waals surface area contributed by atoms with Gasteiger partial charge in [0.25, 0.3) is 0 Å². The molecule has 100 valence electrons. The van der Waals surface area contributed by atoms with Crippen LogP contribution in [-0.2, 0) is 0 Å². The zero-order chi connectivity index (χ0) is 13.1. The largest absolute Gasteiger partial charge is 0.491 e. The molecule has 0 aromatic heterocycles. The maximum absolute atomic E-state index is 5.71. The minimum Gasteiger partial charge on any atom is -0.491 e. The van der Waals surface area contributed by atoms with Crippen molar-refractivity contribution in [2.45, 2.75) is 59.1 Å². The monoisotopic (exact) mass is 247 g/mol. The molecule has 1 aliphatic carbocycles. The lowest BCUT2D eigenvalue weighted by Crippen LogP contribution is -2.22. The first-order valence-electron chi connectivity index (χ1n) is 7.10. The van der Waals surface area contributed by atoms with Crippen molar-refractivity contribution in [2.75, 3.05) is 5.32 Å². The highest BCUT2D eigenvalue weighted by Crippen LogP contribution is 2.30. The van der Waals surface area contributed by atoms with Gasteiger partial charge in [-0.15, -0.1) is 0 Å². The molecule has 0 heterocycles. The third-order valence-corrected chi connectivity index (χ3v) is 3.77. The van der Waals surface area contributed by atoms with Crippen LogP contribution in [0.25, 0.3) is 0 Å². The summed E-state index contributed by atoms with van der Waals surface area (Å²) in [7, 11) is 0. The number of hydrogen-bond acceptors (Lipinski definition) is 2. The zero-order valence-corrected chi connectivity index (χ0v) is 12.0. The Balaban J connectivity index is 2.05. The molecule has 1 saturated carbocycles. The number of anilines is 1. The van der Waals surface area contributed by atoms with E-state index in [1.165, 1.54) is 30.5 Å². The van der Waals surface area contributed by atoms with E-state index in [0.29, 0.717) is 6.04 Å². The molecule has 0 saturated heterocycles. The molecular formula is C16H25NO. The van der Waals surface area contributed by atoms with Gasteiger partial charge in [-0.25, -0.2) is 0 Å². The van der Waals surface area contributed by atoms with Crippen LogP contribution in [0.3, 0.4) is 0 Å². The molecule has 0 radical (unpaired) electrons. The highest BCUT2D eigenvalue weighted by atomic mass is 16.5. The quantitative estimate of drug-likeness (QED) is 0.852. The van der Waals surface area contributed by atoms with Crippen molar-refractivity contribution in [1.29, 1.82) is 0 Å². The number of rotatable bonds is 4. The van der Waals surface area contributed by atoms with E-state index in [1.807, 2.05) is 0 Å². The molecule has 2 heteroatoms. The number of ether oxygens (including phenoxy) is 1. The van der Waals surface area contributed by atoms with Gasteiger partial charge < -0.3 is 10.1 Å². The number of benzene rings is 1. The van der Waals surface area contributed by atoms with Crippen LogP contribution in [0.1, 0.15) is 45.6 Å². The summed E-state index contributed by atoms with van der Waals surface area (Å²) in [5, 5.41) is 3.68. The zero-order valence-electron chi connectivity index (χ0n) is 12.0. The van der Waals surface area contributed by atoms with E-state index in [9.17, 15) is 0 Å². The average Bonchev–Trinajstić information content (AvgIpc) is 2.67. The van der Waals surface area contributed by atoms with Gasteiger partial charge in [0, 0.05) is 11.7 Å². The molecule has 2 atom stereocenters. The molecule has 1 aliphatic rings. The molecule has 0 amide bonds. The highest BCUT2D eigenvalue weighted by molar-refractivity contribution is 5.54. The summed E-state index contributed by atoms with van der Waals surface area (Å²) in [4.78, 5) is 0. The molecule has 18 heavy (non-hydrogen) atoms. The van der Waals surface area contributed by atoms with Gasteiger partial charge in [-0.05, 0) is 63.3 Å². The van der Waals surface area contributed by atoms with Crippen LogP contribution >= 0.6 is 0 Å². The van der Waals surface area contributed by atoms with E-state index in [1.54, 1.807) is 0 Å². The van der Waals surface area contributed by atoms with Gasteiger partial charge in [0.1, 0.15) is 5.75 Å². The molecule has 1 aromatic rings.